The van der Waals surface area contributed by atoms with Gasteiger partial charge in [-0.2, -0.15) is 13.2 Å². The van der Waals surface area contributed by atoms with Crippen molar-refractivity contribution in [2.75, 3.05) is 7.11 Å². The summed E-state index contributed by atoms with van der Waals surface area (Å²) >= 11 is 0. The Hall–Kier alpha value is -2.93. The summed E-state index contributed by atoms with van der Waals surface area (Å²) in [7, 11) is 1.48. The van der Waals surface area contributed by atoms with Crippen LogP contribution in [-0.4, -0.2) is 7.11 Å². The molecule has 0 radical (unpaired) electrons. The molecule has 3 rings (SSSR count). The Labute approximate surface area is 171 Å². The van der Waals surface area contributed by atoms with Gasteiger partial charge in [0.05, 0.1) is 12.7 Å². The lowest BCUT2D eigenvalue weighted by atomic mass is 9.97. The van der Waals surface area contributed by atoms with E-state index in [1.54, 1.807) is 19.1 Å². The second kappa shape index (κ2) is 8.83. The fourth-order valence-electron chi connectivity index (χ4n) is 3.25. The number of alkyl halides is 3. The molecule has 0 aliphatic heterocycles. The molecule has 158 valence electrons. The van der Waals surface area contributed by atoms with Crippen molar-refractivity contribution in [3.8, 4) is 16.9 Å². The van der Waals surface area contributed by atoms with Crippen LogP contribution in [0.25, 0.3) is 11.1 Å². The van der Waals surface area contributed by atoms with Gasteiger partial charge in [-0.1, -0.05) is 24.3 Å². The average molecular weight is 421 g/mol. The minimum Gasteiger partial charge on any atom is -0.496 e. The molecular weight excluding hydrogens is 401 g/mol. The molecule has 0 aliphatic carbocycles. The van der Waals surface area contributed by atoms with Crippen molar-refractivity contribution in [3.05, 3.63) is 89.0 Å². The smallest absolute Gasteiger partial charge is 0.416 e. The van der Waals surface area contributed by atoms with Gasteiger partial charge in [-0.25, -0.2) is 8.78 Å². The maximum atomic E-state index is 13.5. The first-order valence-electron chi connectivity index (χ1n) is 9.22. The van der Waals surface area contributed by atoms with Crippen LogP contribution in [0.3, 0.4) is 0 Å². The summed E-state index contributed by atoms with van der Waals surface area (Å²) in [4.78, 5) is 0. The fourth-order valence-corrected chi connectivity index (χ4v) is 3.25. The Morgan fingerprint density at radius 3 is 2.13 bits per heavy atom. The van der Waals surface area contributed by atoms with E-state index in [9.17, 15) is 22.0 Å². The number of rotatable bonds is 6. The highest BCUT2D eigenvalue weighted by Crippen LogP contribution is 2.36. The van der Waals surface area contributed by atoms with E-state index in [0.717, 1.165) is 23.8 Å². The first-order chi connectivity index (χ1) is 14.2. The van der Waals surface area contributed by atoms with Crippen LogP contribution >= 0.6 is 0 Å². The van der Waals surface area contributed by atoms with Crippen LogP contribution in [0.15, 0.2) is 60.7 Å². The third-order valence-corrected chi connectivity index (χ3v) is 4.82. The summed E-state index contributed by atoms with van der Waals surface area (Å²) in [5.41, 5.74) is 1.72. The number of nitrogens with one attached hydrogen (secondary N) is 1. The summed E-state index contributed by atoms with van der Waals surface area (Å²) < 4.78 is 71.0. The highest BCUT2D eigenvalue weighted by Gasteiger charge is 2.30. The molecule has 1 unspecified atom stereocenters. The Kier molecular flexibility index (Phi) is 6.41. The largest absolute Gasteiger partial charge is 0.496 e. The molecule has 0 saturated heterocycles. The van der Waals surface area contributed by atoms with Crippen molar-refractivity contribution >= 4 is 0 Å². The van der Waals surface area contributed by atoms with Crippen LogP contribution in [0.5, 0.6) is 5.75 Å². The lowest BCUT2D eigenvalue weighted by molar-refractivity contribution is -0.137. The second-order valence-electron chi connectivity index (χ2n) is 6.87. The van der Waals surface area contributed by atoms with Crippen LogP contribution < -0.4 is 10.1 Å². The molecule has 0 spiro atoms. The normalized spacial score (nSPS) is 12.6. The number of benzene rings is 3. The number of hydrogen-bond acceptors (Lipinski definition) is 2. The van der Waals surface area contributed by atoms with Crippen molar-refractivity contribution in [2.45, 2.75) is 25.7 Å². The van der Waals surface area contributed by atoms with E-state index in [1.807, 2.05) is 6.07 Å². The zero-order valence-electron chi connectivity index (χ0n) is 16.4. The van der Waals surface area contributed by atoms with Gasteiger partial charge in [0.1, 0.15) is 17.4 Å². The molecular formula is C23H20F5NO. The molecule has 1 N–H and O–H groups in total. The van der Waals surface area contributed by atoms with Crippen LogP contribution in [0, 0.1) is 11.6 Å². The summed E-state index contributed by atoms with van der Waals surface area (Å²) in [5, 5.41) is 3.20. The highest BCUT2D eigenvalue weighted by atomic mass is 19.4. The average Bonchev–Trinajstić information content (AvgIpc) is 2.70. The van der Waals surface area contributed by atoms with Crippen LogP contribution in [-0.2, 0) is 12.7 Å². The predicted octanol–water partition coefficient (Wildman–Crippen LogP) is 6.51. The van der Waals surface area contributed by atoms with Gasteiger partial charge < -0.3 is 10.1 Å². The van der Waals surface area contributed by atoms with Gasteiger partial charge in [-0.15, -0.1) is 0 Å². The molecule has 7 heteroatoms. The molecule has 1 atom stereocenters. The second-order valence-corrected chi connectivity index (χ2v) is 6.87. The zero-order chi connectivity index (χ0) is 21.9. The number of ether oxygens (including phenoxy) is 1. The van der Waals surface area contributed by atoms with Crippen molar-refractivity contribution in [3.63, 3.8) is 0 Å². The van der Waals surface area contributed by atoms with E-state index < -0.39 is 23.4 Å². The van der Waals surface area contributed by atoms with Gasteiger partial charge in [-0.05, 0) is 53.9 Å². The Bertz CT molecular complexity index is 995. The van der Waals surface area contributed by atoms with E-state index in [2.05, 4.69) is 5.32 Å². The Balaban J connectivity index is 1.89. The third-order valence-electron chi connectivity index (χ3n) is 4.82. The maximum Gasteiger partial charge on any atom is 0.416 e. The number of hydrogen-bond donors (Lipinski definition) is 1. The van der Waals surface area contributed by atoms with E-state index in [4.69, 9.17) is 4.74 Å². The Morgan fingerprint density at radius 1 is 0.933 bits per heavy atom. The van der Waals surface area contributed by atoms with Gasteiger partial charge in [0, 0.05) is 24.2 Å². The molecule has 3 aromatic carbocycles. The summed E-state index contributed by atoms with van der Waals surface area (Å²) in [6.45, 7) is 2.08. The van der Waals surface area contributed by atoms with Gasteiger partial charge in [0.15, 0.2) is 0 Å². The molecule has 3 aromatic rings. The van der Waals surface area contributed by atoms with Crippen molar-refractivity contribution in [2.24, 2.45) is 0 Å². The monoisotopic (exact) mass is 421 g/mol. The maximum absolute atomic E-state index is 13.5. The van der Waals surface area contributed by atoms with Crippen LogP contribution in [0.2, 0.25) is 0 Å². The summed E-state index contributed by atoms with van der Waals surface area (Å²) in [6.07, 6.45) is -4.42. The quantitative estimate of drug-likeness (QED) is 0.458. The molecule has 0 aromatic heterocycles. The van der Waals surface area contributed by atoms with Gasteiger partial charge in [0.2, 0.25) is 0 Å². The molecule has 0 amide bonds. The minimum absolute atomic E-state index is 0.312. The first-order valence-corrected chi connectivity index (χ1v) is 9.22. The van der Waals surface area contributed by atoms with E-state index in [-0.39, 0.29) is 6.04 Å². The molecule has 30 heavy (non-hydrogen) atoms. The minimum atomic E-state index is -4.42. The zero-order valence-corrected chi connectivity index (χ0v) is 16.4. The van der Waals surface area contributed by atoms with Crippen LogP contribution in [0.1, 0.15) is 29.7 Å². The summed E-state index contributed by atoms with van der Waals surface area (Å²) in [5.74, 6) is -0.811. The Morgan fingerprint density at radius 2 is 1.57 bits per heavy atom. The van der Waals surface area contributed by atoms with Gasteiger partial charge >= 0.3 is 6.18 Å². The van der Waals surface area contributed by atoms with Crippen molar-refractivity contribution in [1.29, 1.82) is 0 Å². The third kappa shape index (κ3) is 4.97. The fraction of sp³-hybridized carbons (Fsp3) is 0.217. The molecule has 0 bridgehead atoms. The SMILES string of the molecule is COc1cccc(CNC(C)c2cc(F)cc(F)c2)c1-c1ccc(C(F)(F)F)cc1. The van der Waals surface area contributed by atoms with Crippen LogP contribution in [0.4, 0.5) is 22.0 Å². The summed E-state index contributed by atoms with van der Waals surface area (Å²) in [6, 6.07) is 13.1. The van der Waals surface area contributed by atoms with E-state index >= 15 is 0 Å². The first kappa shape index (κ1) is 21.8. The van der Waals surface area contributed by atoms with E-state index in [1.165, 1.54) is 31.4 Å². The standard InChI is InChI=1S/C23H20F5NO/c1-14(17-10-19(24)12-20(25)11-17)29-13-16-4-3-5-21(30-2)22(16)15-6-8-18(9-7-15)23(26,27)28/h3-12,14,29H,13H2,1-2H3. The lowest BCUT2D eigenvalue weighted by Crippen LogP contribution is -2.19. The molecule has 0 saturated carbocycles. The molecule has 0 fully saturated rings. The lowest BCUT2D eigenvalue weighted by Gasteiger charge is -2.19. The topological polar surface area (TPSA) is 21.3 Å². The van der Waals surface area contributed by atoms with Gasteiger partial charge in [0.25, 0.3) is 0 Å². The highest BCUT2D eigenvalue weighted by molar-refractivity contribution is 5.74. The molecule has 0 aliphatic rings. The van der Waals surface area contributed by atoms with Crippen molar-refractivity contribution < 1.29 is 26.7 Å². The van der Waals surface area contributed by atoms with Gasteiger partial charge in [-0.3, -0.25) is 0 Å². The molecule has 0 heterocycles. The van der Waals surface area contributed by atoms with E-state index in [0.29, 0.717) is 29.0 Å². The molecule has 2 nitrogen and oxygen atoms in total. The van der Waals surface area contributed by atoms with Crippen molar-refractivity contribution in [1.82, 2.24) is 5.32 Å². The number of methoxy groups -OCH3 is 1. The number of halogens is 5. The predicted molar refractivity (Wildman–Crippen MR) is 105 cm³/mol.